The van der Waals surface area contributed by atoms with E-state index in [9.17, 15) is 12.8 Å². The topological polar surface area (TPSA) is 96.0 Å². The number of nitrogens with two attached hydrogens (primary N) is 1. The average molecular weight is 283 g/mol. The Balaban J connectivity index is 2.35. The van der Waals surface area contributed by atoms with Gasteiger partial charge in [-0.3, -0.25) is 0 Å². The van der Waals surface area contributed by atoms with Crippen LogP contribution in [0, 0.1) is 17.1 Å². The molecule has 0 bridgehead atoms. The lowest BCUT2D eigenvalue weighted by Crippen LogP contribution is -2.44. The lowest BCUT2D eigenvalue weighted by molar-refractivity contribution is 0.521. The molecule has 0 spiro atoms. The first kappa shape index (κ1) is 13.9. The van der Waals surface area contributed by atoms with E-state index < -0.39 is 21.4 Å². The van der Waals surface area contributed by atoms with Crippen molar-refractivity contribution in [3.05, 3.63) is 29.6 Å². The van der Waals surface area contributed by atoms with Crippen LogP contribution in [0.4, 0.5) is 4.39 Å². The maximum absolute atomic E-state index is 13.4. The predicted molar refractivity (Wildman–Crippen MR) is 67.1 cm³/mol. The molecule has 102 valence electrons. The molecular weight excluding hydrogens is 269 g/mol. The molecule has 1 saturated carbocycles. The molecule has 19 heavy (non-hydrogen) atoms. The Morgan fingerprint density at radius 3 is 2.74 bits per heavy atom. The maximum atomic E-state index is 13.4. The van der Waals surface area contributed by atoms with E-state index in [0.717, 1.165) is 18.9 Å². The molecule has 0 amide bonds. The summed E-state index contributed by atoms with van der Waals surface area (Å²) < 4.78 is 40.2. The van der Waals surface area contributed by atoms with Crippen LogP contribution >= 0.6 is 0 Å². The largest absolute Gasteiger partial charge is 0.326 e. The molecule has 0 heterocycles. The monoisotopic (exact) mass is 283 g/mol. The van der Waals surface area contributed by atoms with Gasteiger partial charge < -0.3 is 5.73 Å². The van der Waals surface area contributed by atoms with Gasteiger partial charge in [-0.15, -0.1) is 0 Å². The number of hydrogen-bond acceptors (Lipinski definition) is 4. The van der Waals surface area contributed by atoms with Crippen LogP contribution in [0.15, 0.2) is 23.1 Å². The third-order valence-electron chi connectivity index (χ3n) is 3.25. The standard InChI is InChI=1S/C12H14FN3O2S/c13-9-3-1-6-12(8(9)7-14)19(17,18)16-11-5-2-4-10(11)15/h1,3,6,10-11,16H,2,4-5,15H2. The number of nitrogens with one attached hydrogen (secondary N) is 1. The Kier molecular flexibility index (Phi) is 3.85. The van der Waals surface area contributed by atoms with Gasteiger partial charge in [0.15, 0.2) is 0 Å². The third kappa shape index (κ3) is 2.76. The number of benzene rings is 1. The van der Waals surface area contributed by atoms with Gasteiger partial charge in [0.25, 0.3) is 0 Å². The lowest BCUT2D eigenvalue weighted by Gasteiger charge is -2.17. The molecule has 1 aliphatic carbocycles. The van der Waals surface area contributed by atoms with E-state index in [0.29, 0.717) is 6.42 Å². The van der Waals surface area contributed by atoms with Gasteiger partial charge in [0.05, 0.1) is 0 Å². The predicted octanol–water partition coefficient (Wildman–Crippen LogP) is 0.855. The summed E-state index contributed by atoms with van der Waals surface area (Å²) in [6, 6.07) is 4.51. The van der Waals surface area contributed by atoms with Gasteiger partial charge >= 0.3 is 0 Å². The molecule has 0 radical (unpaired) electrons. The Hall–Kier alpha value is -1.49. The van der Waals surface area contributed by atoms with Crippen molar-refractivity contribution in [3.63, 3.8) is 0 Å². The zero-order chi connectivity index (χ0) is 14.0. The Labute approximate surface area is 111 Å². The molecule has 0 aromatic heterocycles. The highest BCUT2D eigenvalue weighted by atomic mass is 32.2. The molecule has 1 fully saturated rings. The first-order valence-corrected chi connectivity index (χ1v) is 7.40. The van der Waals surface area contributed by atoms with Crippen molar-refractivity contribution in [1.82, 2.24) is 4.72 Å². The number of nitrogens with zero attached hydrogens (tertiary/aromatic N) is 1. The van der Waals surface area contributed by atoms with E-state index in [1.165, 1.54) is 12.1 Å². The van der Waals surface area contributed by atoms with Crippen molar-refractivity contribution < 1.29 is 12.8 Å². The van der Waals surface area contributed by atoms with Gasteiger partial charge in [0.2, 0.25) is 10.0 Å². The van der Waals surface area contributed by atoms with E-state index in [1.54, 1.807) is 6.07 Å². The summed E-state index contributed by atoms with van der Waals surface area (Å²) in [6.07, 6.45) is 2.25. The van der Waals surface area contributed by atoms with Crippen LogP contribution in [0.25, 0.3) is 0 Å². The summed E-state index contributed by atoms with van der Waals surface area (Å²) in [4.78, 5) is -0.339. The van der Waals surface area contributed by atoms with Crippen LogP contribution in [-0.2, 0) is 10.0 Å². The normalized spacial score (nSPS) is 23.2. The SMILES string of the molecule is N#Cc1c(F)cccc1S(=O)(=O)NC1CCCC1N. The second kappa shape index (κ2) is 5.25. The Morgan fingerprint density at radius 1 is 1.42 bits per heavy atom. The molecule has 2 rings (SSSR count). The zero-order valence-electron chi connectivity index (χ0n) is 10.1. The molecule has 1 aliphatic rings. The molecule has 2 atom stereocenters. The highest BCUT2D eigenvalue weighted by Gasteiger charge is 2.30. The fourth-order valence-electron chi connectivity index (χ4n) is 2.23. The van der Waals surface area contributed by atoms with Crippen molar-refractivity contribution in [1.29, 1.82) is 5.26 Å². The summed E-state index contributed by atoms with van der Waals surface area (Å²) >= 11 is 0. The Morgan fingerprint density at radius 2 is 2.16 bits per heavy atom. The minimum Gasteiger partial charge on any atom is -0.326 e. The van der Waals surface area contributed by atoms with Gasteiger partial charge in [-0.1, -0.05) is 12.5 Å². The van der Waals surface area contributed by atoms with Gasteiger partial charge in [-0.25, -0.2) is 17.5 Å². The van der Waals surface area contributed by atoms with Crippen LogP contribution < -0.4 is 10.5 Å². The number of nitriles is 1. The van der Waals surface area contributed by atoms with E-state index in [-0.39, 0.29) is 17.0 Å². The third-order valence-corrected chi connectivity index (χ3v) is 4.78. The van der Waals surface area contributed by atoms with E-state index in [2.05, 4.69) is 4.72 Å². The summed E-state index contributed by atoms with van der Waals surface area (Å²) in [5, 5.41) is 8.87. The molecule has 7 heteroatoms. The molecule has 1 aromatic rings. The zero-order valence-corrected chi connectivity index (χ0v) is 11.0. The highest BCUT2D eigenvalue weighted by molar-refractivity contribution is 7.89. The first-order chi connectivity index (χ1) is 8.95. The molecule has 0 saturated heterocycles. The molecule has 0 aliphatic heterocycles. The van der Waals surface area contributed by atoms with Crippen molar-refractivity contribution in [2.45, 2.75) is 36.2 Å². The molecular formula is C12H14FN3O2S. The van der Waals surface area contributed by atoms with Crippen LogP contribution in [-0.4, -0.2) is 20.5 Å². The number of hydrogen-bond donors (Lipinski definition) is 2. The number of halogens is 1. The molecule has 5 nitrogen and oxygen atoms in total. The van der Waals surface area contributed by atoms with Gasteiger partial charge in [0.1, 0.15) is 22.3 Å². The quantitative estimate of drug-likeness (QED) is 0.859. The smallest absolute Gasteiger partial charge is 0.242 e. The second-order valence-electron chi connectivity index (χ2n) is 4.55. The number of sulfonamides is 1. The minimum absolute atomic E-state index is 0.242. The fourth-order valence-corrected chi connectivity index (χ4v) is 3.72. The molecule has 3 N–H and O–H groups in total. The van der Waals surface area contributed by atoms with E-state index in [4.69, 9.17) is 11.0 Å². The average Bonchev–Trinajstić information content (AvgIpc) is 2.74. The fraction of sp³-hybridized carbons (Fsp3) is 0.417. The van der Waals surface area contributed by atoms with Crippen molar-refractivity contribution in [2.24, 2.45) is 5.73 Å². The van der Waals surface area contributed by atoms with Gasteiger partial charge in [-0.2, -0.15) is 5.26 Å². The van der Waals surface area contributed by atoms with Crippen molar-refractivity contribution >= 4 is 10.0 Å². The minimum atomic E-state index is -3.93. The number of rotatable bonds is 3. The van der Waals surface area contributed by atoms with Crippen LogP contribution in [0.3, 0.4) is 0 Å². The van der Waals surface area contributed by atoms with Crippen LogP contribution in [0.1, 0.15) is 24.8 Å². The van der Waals surface area contributed by atoms with Crippen LogP contribution in [0.2, 0.25) is 0 Å². The maximum Gasteiger partial charge on any atom is 0.242 e. The van der Waals surface area contributed by atoms with Crippen molar-refractivity contribution in [3.8, 4) is 6.07 Å². The first-order valence-electron chi connectivity index (χ1n) is 5.92. The molecule has 1 aromatic carbocycles. The van der Waals surface area contributed by atoms with E-state index >= 15 is 0 Å². The van der Waals surface area contributed by atoms with Crippen LogP contribution in [0.5, 0.6) is 0 Å². The van der Waals surface area contributed by atoms with Gasteiger partial charge in [-0.05, 0) is 25.0 Å². The van der Waals surface area contributed by atoms with E-state index in [1.807, 2.05) is 0 Å². The van der Waals surface area contributed by atoms with Crippen molar-refractivity contribution in [2.75, 3.05) is 0 Å². The highest BCUT2D eigenvalue weighted by Crippen LogP contribution is 2.22. The van der Waals surface area contributed by atoms with Gasteiger partial charge in [0, 0.05) is 12.1 Å². The summed E-state index contributed by atoms with van der Waals surface area (Å²) in [7, 11) is -3.93. The second-order valence-corrected chi connectivity index (χ2v) is 6.23. The Bertz CT molecular complexity index is 624. The summed E-state index contributed by atoms with van der Waals surface area (Å²) in [5.41, 5.74) is 5.33. The summed E-state index contributed by atoms with van der Waals surface area (Å²) in [6.45, 7) is 0. The molecule has 2 unspecified atom stereocenters. The lowest BCUT2D eigenvalue weighted by atomic mass is 10.2. The summed E-state index contributed by atoms with van der Waals surface area (Å²) in [5.74, 6) is -0.846.